The van der Waals surface area contributed by atoms with Crippen LogP contribution in [0.2, 0.25) is 0 Å². The predicted octanol–water partition coefficient (Wildman–Crippen LogP) is 3.57. The highest BCUT2D eigenvalue weighted by Crippen LogP contribution is 2.50. The summed E-state index contributed by atoms with van der Waals surface area (Å²) < 4.78 is 39.6. The number of amides is 5. The molecule has 1 aromatic rings. The molecule has 8 rings (SSSR count). The van der Waals surface area contributed by atoms with Crippen LogP contribution in [0.4, 0.5) is 9.59 Å². The lowest BCUT2D eigenvalue weighted by Crippen LogP contribution is -2.59. The average molecular weight is 766 g/mol. The number of carbonyl (C=O) groups is 5. The first-order valence-corrected chi connectivity index (χ1v) is 21.2. The largest absolute Gasteiger partial charge is 0.444 e. The highest BCUT2D eigenvalue weighted by molar-refractivity contribution is 7.91. The van der Waals surface area contributed by atoms with Gasteiger partial charge in [0.2, 0.25) is 21.8 Å². The van der Waals surface area contributed by atoms with E-state index in [0.29, 0.717) is 38.8 Å². The molecule has 0 unspecified atom stereocenters. The lowest BCUT2D eigenvalue weighted by Gasteiger charge is -2.32. The van der Waals surface area contributed by atoms with Gasteiger partial charge in [-0.1, -0.05) is 43.5 Å². The molecule has 7 atom stereocenters. The number of alkyl carbamates (subject to hydrolysis) is 1. The van der Waals surface area contributed by atoms with E-state index < -0.39 is 80.4 Å². The summed E-state index contributed by atoms with van der Waals surface area (Å²) in [5.74, 6) is -2.51. The molecule has 3 N–H and O–H groups in total. The molecule has 0 spiro atoms. The molecule has 1 aromatic carbocycles. The highest BCUT2D eigenvalue weighted by atomic mass is 32.2. The van der Waals surface area contributed by atoms with E-state index in [1.54, 1.807) is 4.90 Å². The Morgan fingerprint density at radius 1 is 1.00 bits per heavy atom. The van der Waals surface area contributed by atoms with E-state index in [2.05, 4.69) is 28.0 Å². The molecule has 5 fully saturated rings. The molecule has 4 saturated carbocycles. The number of hydrogen-bond acceptors (Lipinski definition) is 9. The number of rotatable bonds is 7. The summed E-state index contributed by atoms with van der Waals surface area (Å²) in [6.07, 6.45) is 8.07. The SMILES string of the molecule is C=C[C@@H]1C[C@]1(NC(=O)[C@@H]1C[C@@H]2CN1C(=O)[C@H](C1CCCC1)NC(=O)O[C@]1(C)C[C@H]1CCCCc1cccc3c1CN(C3)C(=O)O2)C(=O)NS(=O)(=O)C1CC1. The van der Waals surface area contributed by atoms with Crippen LogP contribution >= 0.6 is 0 Å². The Kier molecular flexibility index (Phi) is 9.45. The minimum absolute atomic E-state index is 0.0479. The summed E-state index contributed by atoms with van der Waals surface area (Å²) in [6, 6.07) is 3.98. The number of aryl methyl sites for hydroxylation is 1. The van der Waals surface area contributed by atoms with Crippen molar-refractivity contribution in [3.63, 3.8) is 0 Å². The molecule has 4 aliphatic carbocycles. The molecule has 0 aromatic heterocycles. The Morgan fingerprint density at radius 3 is 2.46 bits per heavy atom. The average Bonchev–Trinajstić information content (AvgIpc) is 4.05. The number of nitrogens with one attached hydrogen (secondary N) is 3. The monoisotopic (exact) mass is 765 g/mol. The first-order chi connectivity index (χ1) is 25.8. The Bertz CT molecular complexity index is 1860. The quantitative estimate of drug-likeness (QED) is 0.350. The third-order valence-electron chi connectivity index (χ3n) is 13.0. The second-order valence-corrected chi connectivity index (χ2v) is 18.8. The fraction of sp³-hybridized carbons (Fsp3) is 0.667. The number of hydrogen-bond donors (Lipinski definition) is 3. The van der Waals surface area contributed by atoms with E-state index >= 15 is 0 Å². The number of benzene rings is 1. The maximum Gasteiger partial charge on any atom is 0.410 e. The molecule has 4 bridgehead atoms. The van der Waals surface area contributed by atoms with Crippen LogP contribution in [0.1, 0.15) is 101 Å². The summed E-state index contributed by atoms with van der Waals surface area (Å²) in [7, 11) is -3.90. The molecule has 1 saturated heterocycles. The van der Waals surface area contributed by atoms with Gasteiger partial charge in [0.1, 0.15) is 29.3 Å². The van der Waals surface area contributed by atoms with Gasteiger partial charge in [0.15, 0.2) is 0 Å². The van der Waals surface area contributed by atoms with Crippen molar-refractivity contribution in [3.8, 4) is 0 Å². The predicted molar refractivity (Wildman–Crippen MR) is 195 cm³/mol. The standard InChI is InChI=1S/C39H51N5O9S/c1-3-26-19-39(26,35(47)42-54(50,51)29-15-16-29)41-33(45)31-17-28-21-44(31)34(46)32(24-10-4-5-11-24)40-36(48)53-38(2)18-27(38)14-7-6-9-23-12-8-13-25-20-43(22-30(23)25)37(49)52-28/h3,8,12-13,24,26-29,31-32H,1,4-7,9-11,14-22H2,2H3,(H,40,48)(H,41,45)(H,42,47)/t26-,27-,28-,31+,32+,38-,39-/m1/s1. The third-order valence-corrected chi connectivity index (χ3v) is 14.9. The summed E-state index contributed by atoms with van der Waals surface area (Å²) >= 11 is 0. The molecule has 15 heteroatoms. The molecule has 5 amide bonds. The van der Waals surface area contributed by atoms with Crippen molar-refractivity contribution in [1.82, 2.24) is 25.2 Å². The number of ether oxygens (including phenoxy) is 2. The van der Waals surface area contributed by atoms with E-state index in [1.807, 2.05) is 19.1 Å². The molecule has 54 heavy (non-hydrogen) atoms. The Labute approximate surface area is 316 Å². The van der Waals surface area contributed by atoms with Crippen LogP contribution in [0, 0.1) is 17.8 Å². The minimum Gasteiger partial charge on any atom is -0.444 e. The molecular formula is C39H51N5O9S. The Balaban J connectivity index is 1.07. The van der Waals surface area contributed by atoms with Crippen molar-refractivity contribution < 1.29 is 41.9 Å². The molecule has 0 radical (unpaired) electrons. The normalized spacial score (nSPS) is 34.2. The van der Waals surface area contributed by atoms with E-state index in [1.165, 1.54) is 16.5 Å². The zero-order chi connectivity index (χ0) is 38.0. The van der Waals surface area contributed by atoms with Crippen molar-refractivity contribution in [2.24, 2.45) is 17.8 Å². The van der Waals surface area contributed by atoms with Gasteiger partial charge < -0.3 is 25.0 Å². The maximum absolute atomic E-state index is 14.7. The second-order valence-electron chi connectivity index (χ2n) is 16.9. The van der Waals surface area contributed by atoms with Crippen molar-refractivity contribution >= 4 is 39.9 Å². The van der Waals surface area contributed by atoms with Crippen molar-refractivity contribution in [2.45, 2.75) is 138 Å². The first-order valence-electron chi connectivity index (χ1n) is 19.7. The van der Waals surface area contributed by atoms with Gasteiger partial charge in [-0.25, -0.2) is 18.0 Å². The van der Waals surface area contributed by atoms with Gasteiger partial charge in [0.25, 0.3) is 5.91 Å². The van der Waals surface area contributed by atoms with E-state index in [0.717, 1.165) is 56.1 Å². The maximum atomic E-state index is 14.7. The van der Waals surface area contributed by atoms with Gasteiger partial charge in [0.05, 0.1) is 11.8 Å². The molecule has 3 aliphatic heterocycles. The zero-order valence-electron chi connectivity index (χ0n) is 30.8. The number of carbonyl (C=O) groups excluding carboxylic acids is 5. The van der Waals surface area contributed by atoms with Gasteiger partial charge in [-0.2, -0.15) is 0 Å². The summed E-state index contributed by atoms with van der Waals surface area (Å²) in [5, 5.41) is 5.03. The van der Waals surface area contributed by atoms with Gasteiger partial charge >= 0.3 is 12.2 Å². The Morgan fingerprint density at radius 2 is 1.74 bits per heavy atom. The molecule has 14 nitrogen and oxygen atoms in total. The number of fused-ring (bicyclic) bond motifs is 4. The van der Waals surface area contributed by atoms with Gasteiger partial charge in [-0.3, -0.25) is 24.0 Å². The highest BCUT2D eigenvalue weighted by Gasteiger charge is 2.62. The molecule has 292 valence electrons. The number of nitrogens with zero attached hydrogens (tertiary/aromatic N) is 2. The van der Waals surface area contributed by atoms with E-state index in [9.17, 15) is 32.4 Å². The van der Waals surface area contributed by atoms with Crippen LogP contribution in [-0.2, 0) is 53.4 Å². The lowest BCUT2D eigenvalue weighted by molar-refractivity contribution is -0.142. The summed E-state index contributed by atoms with van der Waals surface area (Å²) in [5.41, 5.74) is 1.20. The van der Waals surface area contributed by atoms with E-state index in [4.69, 9.17) is 9.47 Å². The molecule has 7 aliphatic rings. The first kappa shape index (κ1) is 36.8. The molecular weight excluding hydrogens is 715 g/mol. The van der Waals surface area contributed by atoms with Gasteiger partial charge in [-0.15, -0.1) is 6.58 Å². The van der Waals surface area contributed by atoms with Crippen LogP contribution in [0.3, 0.4) is 0 Å². The zero-order valence-corrected chi connectivity index (χ0v) is 31.7. The van der Waals surface area contributed by atoms with Gasteiger partial charge in [0, 0.05) is 31.3 Å². The smallest absolute Gasteiger partial charge is 0.410 e. The van der Waals surface area contributed by atoms with Crippen LogP contribution in [0.15, 0.2) is 30.9 Å². The Hall–Kier alpha value is -4.14. The van der Waals surface area contributed by atoms with Crippen molar-refractivity contribution in [1.29, 1.82) is 0 Å². The topological polar surface area (TPSA) is 181 Å². The fourth-order valence-corrected chi connectivity index (χ4v) is 10.7. The van der Waals surface area contributed by atoms with Crippen LogP contribution < -0.4 is 15.4 Å². The second kappa shape index (κ2) is 13.9. The van der Waals surface area contributed by atoms with Gasteiger partial charge in [-0.05, 0) is 87.3 Å². The number of sulfonamides is 1. The summed E-state index contributed by atoms with van der Waals surface area (Å²) in [6.45, 7) is 6.40. The molecule has 3 heterocycles. The van der Waals surface area contributed by atoms with Crippen molar-refractivity contribution in [2.75, 3.05) is 6.54 Å². The lowest BCUT2D eigenvalue weighted by atomic mass is 9.96. The fourth-order valence-electron chi connectivity index (χ4n) is 9.35. The third kappa shape index (κ3) is 7.08. The summed E-state index contributed by atoms with van der Waals surface area (Å²) in [4.78, 5) is 72.7. The van der Waals surface area contributed by atoms with Crippen LogP contribution in [0.5, 0.6) is 0 Å². The van der Waals surface area contributed by atoms with E-state index in [-0.39, 0.29) is 31.2 Å². The van der Waals surface area contributed by atoms with Crippen LogP contribution in [-0.4, -0.2) is 89.2 Å². The van der Waals surface area contributed by atoms with Crippen molar-refractivity contribution in [3.05, 3.63) is 47.5 Å². The van der Waals surface area contributed by atoms with Crippen LogP contribution in [0.25, 0.3) is 0 Å². The minimum atomic E-state index is -3.90.